The second-order valence-corrected chi connectivity index (χ2v) is 3.29. The van der Waals surface area contributed by atoms with E-state index < -0.39 is 0 Å². The molecule has 0 aliphatic carbocycles. The number of aromatic nitrogens is 1. The molecule has 1 aromatic heterocycles. The van der Waals surface area contributed by atoms with Crippen LogP contribution >= 0.6 is 0 Å². The lowest BCUT2D eigenvalue weighted by Crippen LogP contribution is -2.35. The Bertz CT molecular complexity index is 337. The van der Waals surface area contributed by atoms with Gasteiger partial charge >= 0.3 is 5.95 Å². The third-order valence-corrected chi connectivity index (χ3v) is 1.80. The number of hydrogen-bond donors (Lipinski definition) is 1. The summed E-state index contributed by atoms with van der Waals surface area (Å²) < 4.78 is 14.8. The van der Waals surface area contributed by atoms with Crippen molar-refractivity contribution in [2.45, 2.75) is 19.9 Å². The highest BCUT2D eigenvalue weighted by Gasteiger charge is 2.15. The zero-order valence-electron chi connectivity index (χ0n) is 9.65. The summed E-state index contributed by atoms with van der Waals surface area (Å²) in [5.74, 6) is -0.0636. The zero-order chi connectivity index (χ0) is 12.0. The smallest absolute Gasteiger partial charge is 0.311 e. The minimum absolute atomic E-state index is 0.0789. The average molecular weight is 228 g/mol. The highest BCUT2D eigenvalue weighted by molar-refractivity contribution is 5.92. The van der Waals surface area contributed by atoms with E-state index >= 15 is 0 Å². The molecule has 6 heteroatoms. The molecule has 1 aromatic rings. The molecule has 16 heavy (non-hydrogen) atoms. The molecule has 0 saturated heterocycles. The van der Waals surface area contributed by atoms with E-state index in [0.717, 1.165) is 0 Å². The normalized spacial score (nSPS) is 12.2. The molecule has 6 nitrogen and oxygen atoms in total. The molecule has 0 saturated carbocycles. The maximum Gasteiger partial charge on any atom is 0.311 e. The molecule has 1 N–H and O–H groups in total. The van der Waals surface area contributed by atoms with Crippen molar-refractivity contribution in [1.29, 1.82) is 0 Å². The average Bonchev–Trinajstić information content (AvgIpc) is 2.67. The predicted octanol–water partition coefficient (Wildman–Crippen LogP) is 0.838. The molecule has 1 atom stereocenters. The van der Waals surface area contributed by atoms with Gasteiger partial charge in [-0.15, -0.1) is 0 Å². The molecule has 1 amide bonds. The van der Waals surface area contributed by atoms with E-state index in [4.69, 9.17) is 14.0 Å². The first-order chi connectivity index (χ1) is 7.67. The van der Waals surface area contributed by atoms with E-state index in [0.29, 0.717) is 13.2 Å². The van der Waals surface area contributed by atoms with Crippen LogP contribution in [0.4, 0.5) is 0 Å². The van der Waals surface area contributed by atoms with Gasteiger partial charge in [-0.25, -0.2) is 0 Å². The molecule has 0 bridgehead atoms. The monoisotopic (exact) mass is 228 g/mol. The van der Waals surface area contributed by atoms with Crippen LogP contribution in [0.3, 0.4) is 0 Å². The maximum atomic E-state index is 11.6. The molecule has 0 aromatic carbocycles. The van der Waals surface area contributed by atoms with Crippen LogP contribution in [0.5, 0.6) is 5.95 Å². The topological polar surface area (TPSA) is 73.6 Å². The largest absolute Gasteiger partial charge is 0.464 e. The Morgan fingerprint density at radius 3 is 3.06 bits per heavy atom. The molecule has 0 aliphatic rings. The van der Waals surface area contributed by atoms with Gasteiger partial charge in [-0.2, -0.15) is 0 Å². The summed E-state index contributed by atoms with van der Waals surface area (Å²) in [7, 11) is 1.58. The van der Waals surface area contributed by atoms with Gasteiger partial charge < -0.3 is 19.3 Å². The fraction of sp³-hybridized carbons (Fsp3) is 0.600. The Balaban J connectivity index is 2.52. The fourth-order valence-electron chi connectivity index (χ4n) is 1.17. The number of nitrogens with zero attached hydrogens (tertiary/aromatic N) is 1. The lowest BCUT2D eigenvalue weighted by Gasteiger charge is -2.10. The lowest BCUT2D eigenvalue weighted by atomic mass is 10.3. The summed E-state index contributed by atoms with van der Waals surface area (Å²) in [4.78, 5) is 11.6. The van der Waals surface area contributed by atoms with Crippen molar-refractivity contribution in [2.24, 2.45) is 0 Å². The van der Waals surface area contributed by atoms with Crippen molar-refractivity contribution >= 4 is 5.91 Å². The second kappa shape index (κ2) is 6.12. The Morgan fingerprint density at radius 2 is 2.44 bits per heavy atom. The van der Waals surface area contributed by atoms with Crippen molar-refractivity contribution in [3.8, 4) is 5.95 Å². The first-order valence-electron chi connectivity index (χ1n) is 5.06. The summed E-state index contributed by atoms with van der Waals surface area (Å²) in [6, 6.07) is 1.38. The summed E-state index contributed by atoms with van der Waals surface area (Å²) in [5, 5.41) is 6.31. The molecule has 0 aliphatic heterocycles. The summed E-state index contributed by atoms with van der Waals surface area (Å²) in [5.41, 5.74) is 0.200. The maximum absolute atomic E-state index is 11.6. The number of carbonyl (C=O) groups is 1. The van der Waals surface area contributed by atoms with Crippen molar-refractivity contribution in [1.82, 2.24) is 10.5 Å². The van der Waals surface area contributed by atoms with Gasteiger partial charge in [0.15, 0.2) is 5.69 Å². The molecule has 0 radical (unpaired) electrons. The van der Waals surface area contributed by atoms with Crippen molar-refractivity contribution in [2.75, 3.05) is 20.3 Å². The van der Waals surface area contributed by atoms with Crippen LogP contribution in [0.15, 0.2) is 10.6 Å². The van der Waals surface area contributed by atoms with Crippen LogP contribution in [-0.2, 0) is 4.74 Å². The van der Waals surface area contributed by atoms with E-state index in [-0.39, 0.29) is 23.6 Å². The molecule has 0 spiro atoms. The van der Waals surface area contributed by atoms with E-state index in [1.165, 1.54) is 6.07 Å². The van der Waals surface area contributed by atoms with Gasteiger partial charge in [-0.05, 0) is 13.8 Å². The number of hydrogen-bond acceptors (Lipinski definition) is 5. The summed E-state index contributed by atoms with van der Waals surface area (Å²) >= 11 is 0. The van der Waals surface area contributed by atoms with Crippen LogP contribution < -0.4 is 10.1 Å². The highest BCUT2D eigenvalue weighted by atomic mass is 16.6. The van der Waals surface area contributed by atoms with Gasteiger partial charge in [0.25, 0.3) is 5.91 Å². The first kappa shape index (κ1) is 12.5. The number of rotatable bonds is 6. The van der Waals surface area contributed by atoms with E-state index in [1.807, 2.05) is 13.8 Å². The van der Waals surface area contributed by atoms with Gasteiger partial charge in [0.1, 0.15) is 0 Å². The Morgan fingerprint density at radius 1 is 1.69 bits per heavy atom. The first-order valence-corrected chi connectivity index (χ1v) is 5.06. The molecule has 90 valence electrons. The number of carbonyl (C=O) groups excluding carboxylic acids is 1. The van der Waals surface area contributed by atoms with E-state index in [1.54, 1.807) is 7.11 Å². The third kappa shape index (κ3) is 3.54. The van der Waals surface area contributed by atoms with Gasteiger partial charge in [0.05, 0.1) is 19.3 Å². The molecule has 1 heterocycles. The van der Waals surface area contributed by atoms with Gasteiger partial charge in [-0.3, -0.25) is 4.79 Å². The minimum atomic E-state index is -0.306. The molecule has 0 unspecified atom stereocenters. The highest BCUT2D eigenvalue weighted by Crippen LogP contribution is 2.12. The van der Waals surface area contributed by atoms with Crippen LogP contribution in [0.1, 0.15) is 24.3 Å². The Kier molecular flexibility index (Phi) is 4.78. The fourth-order valence-corrected chi connectivity index (χ4v) is 1.17. The molecular formula is C10H16N2O4. The quantitative estimate of drug-likeness (QED) is 0.781. The second-order valence-electron chi connectivity index (χ2n) is 3.29. The van der Waals surface area contributed by atoms with Crippen LogP contribution in [0, 0.1) is 0 Å². The van der Waals surface area contributed by atoms with E-state index in [9.17, 15) is 4.79 Å². The summed E-state index contributed by atoms with van der Waals surface area (Å²) in [6.45, 7) is 4.58. The zero-order valence-corrected chi connectivity index (χ0v) is 9.65. The van der Waals surface area contributed by atoms with Crippen LogP contribution in [0.25, 0.3) is 0 Å². The Hall–Kier alpha value is -1.56. The number of amides is 1. The number of nitrogens with one attached hydrogen (secondary N) is 1. The molecule has 1 rings (SSSR count). The van der Waals surface area contributed by atoms with Gasteiger partial charge in [0, 0.05) is 13.2 Å². The van der Waals surface area contributed by atoms with E-state index in [2.05, 4.69) is 10.5 Å². The number of ether oxygens (including phenoxy) is 2. The SMILES string of the molecule is CCOc1cc(C(=O)N[C@H](C)COC)no1. The van der Waals surface area contributed by atoms with Crippen LogP contribution in [0.2, 0.25) is 0 Å². The van der Waals surface area contributed by atoms with Crippen molar-refractivity contribution in [3.05, 3.63) is 11.8 Å². The molecular weight excluding hydrogens is 212 g/mol. The van der Waals surface area contributed by atoms with Crippen molar-refractivity contribution < 1.29 is 18.8 Å². The summed E-state index contributed by atoms with van der Waals surface area (Å²) in [6.07, 6.45) is 0. The standard InChI is InChI=1S/C10H16N2O4/c1-4-15-9-5-8(12-16-9)10(13)11-7(2)6-14-3/h5,7H,4,6H2,1-3H3,(H,11,13)/t7-/m1/s1. The van der Waals surface area contributed by atoms with Gasteiger partial charge in [-0.1, -0.05) is 5.16 Å². The lowest BCUT2D eigenvalue weighted by molar-refractivity contribution is 0.0896. The molecule has 0 fully saturated rings. The predicted molar refractivity (Wildman–Crippen MR) is 56.5 cm³/mol. The van der Waals surface area contributed by atoms with Gasteiger partial charge in [0.2, 0.25) is 0 Å². The number of methoxy groups -OCH3 is 1. The Labute approximate surface area is 93.9 Å². The minimum Gasteiger partial charge on any atom is -0.464 e. The third-order valence-electron chi connectivity index (χ3n) is 1.80. The van der Waals surface area contributed by atoms with Crippen molar-refractivity contribution in [3.63, 3.8) is 0 Å². The van der Waals surface area contributed by atoms with Crippen LogP contribution in [-0.4, -0.2) is 37.4 Å².